The molecule has 1 aromatic rings. The quantitative estimate of drug-likeness (QED) is 0.636. The van der Waals surface area contributed by atoms with Crippen LogP contribution in [0.5, 0.6) is 0 Å². The number of nitrogens with one attached hydrogen (secondary N) is 1. The van der Waals surface area contributed by atoms with Crippen LogP contribution < -0.4 is 11.1 Å². The van der Waals surface area contributed by atoms with Crippen LogP contribution in [0.2, 0.25) is 0 Å². The molecular formula is C13H14N4O3. The Kier molecular flexibility index (Phi) is 3.68. The van der Waals surface area contributed by atoms with Crippen LogP contribution in [0.1, 0.15) is 24.8 Å². The first-order valence-corrected chi connectivity index (χ1v) is 6.22. The number of anilines is 1. The molecular weight excluding hydrogens is 260 g/mol. The van der Waals surface area contributed by atoms with Crippen LogP contribution in [0, 0.1) is 26.9 Å². The molecule has 0 atom stereocenters. The zero-order valence-electron chi connectivity index (χ0n) is 10.8. The number of nitro groups is 1. The predicted octanol–water partition coefficient (Wildman–Crippen LogP) is 1.53. The van der Waals surface area contributed by atoms with Gasteiger partial charge in [0.05, 0.1) is 21.6 Å². The van der Waals surface area contributed by atoms with E-state index in [1.807, 2.05) is 6.07 Å². The van der Waals surface area contributed by atoms with Gasteiger partial charge in [0.2, 0.25) is 5.91 Å². The van der Waals surface area contributed by atoms with Crippen molar-refractivity contribution in [2.24, 2.45) is 11.1 Å². The van der Waals surface area contributed by atoms with E-state index in [4.69, 9.17) is 11.0 Å². The Morgan fingerprint density at radius 2 is 2.25 bits per heavy atom. The lowest BCUT2D eigenvalue weighted by Crippen LogP contribution is -2.47. The van der Waals surface area contributed by atoms with Gasteiger partial charge in [-0.1, -0.05) is 6.42 Å². The highest BCUT2D eigenvalue weighted by Gasteiger charge is 2.43. The Balaban J connectivity index is 2.24. The van der Waals surface area contributed by atoms with Crippen molar-refractivity contribution < 1.29 is 9.72 Å². The number of amides is 1. The Hall–Kier alpha value is -2.46. The zero-order chi connectivity index (χ0) is 14.8. The van der Waals surface area contributed by atoms with E-state index in [2.05, 4.69) is 5.32 Å². The van der Waals surface area contributed by atoms with E-state index in [0.29, 0.717) is 0 Å². The minimum Gasteiger partial charge on any atom is -0.329 e. The number of carbonyl (C=O) groups is 1. The topological polar surface area (TPSA) is 122 Å². The Labute approximate surface area is 115 Å². The molecule has 7 heteroatoms. The molecule has 0 radical (unpaired) electrons. The molecule has 1 fully saturated rings. The lowest BCUT2D eigenvalue weighted by Gasteiger charge is -2.39. The van der Waals surface area contributed by atoms with Crippen LogP contribution in [-0.2, 0) is 4.79 Å². The second kappa shape index (κ2) is 5.27. The monoisotopic (exact) mass is 274 g/mol. The Morgan fingerprint density at radius 3 is 2.70 bits per heavy atom. The molecule has 20 heavy (non-hydrogen) atoms. The fourth-order valence-electron chi connectivity index (χ4n) is 2.23. The number of nitrogens with two attached hydrogens (primary N) is 1. The molecule has 3 N–H and O–H groups in total. The van der Waals surface area contributed by atoms with Gasteiger partial charge in [-0.05, 0) is 18.9 Å². The number of hydrogen-bond acceptors (Lipinski definition) is 5. The third-order valence-electron chi connectivity index (χ3n) is 3.77. The number of rotatable bonds is 4. The number of benzene rings is 1. The van der Waals surface area contributed by atoms with Crippen molar-refractivity contribution >= 4 is 17.3 Å². The molecule has 0 unspecified atom stereocenters. The molecule has 1 amide bonds. The normalized spacial score (nSPS) is 15.8. The lowest BCUT2D eigenvalue weighted by atomic mass is 9.68. The minimum atomic E-state index is -0.584. The predicted molar refractivity (Wildman–Crippen MR) is 71.8 cm³/mol. The third kappa shape index (κ3) is 2.33. The van der Waals surface area contributed by atoms with E-state index >= 15 is 0 Å². The first-order chi connectivity index (χ1) is 9.52. The average molecular weight is 274 g/mol. The van der Waals surface area contributed by atoms with Gasteiger partial charge in [0.1, 0.15) is 6.07 Å². The number of carbonyl (C=O) groups excluding carboxylic acids is 1. The molecule has 0 saturated heterocycles. The maximum atomic E-state index is 12.2. The standard InChI is InChI=1S/C13H14N4O3/c14-7-9-6-10(17(19)20)2-3-11(9)16-12(18)13(8-15)4-1-5-13/h2-3,6H,1,4-5,8,15H2,(H,16,18). The summed E-state index contributed by atoms with van der Waals surface area (Å²) in [7, 11) is 0. The smallest absolute Gasteiger partial charge is 0.270 e. The third-order valence-corrected chi connectivity index (χ3v) is 3.77. The van der Waals surface area contributed by atoms with Crippen LogP contribution >= 0.6 is 0 Å². The number of nitro benzene ring substituents is 1. The van der Waals surface area contributed by atoms with Crippen molar-refractivity contribution in [2.75, 3.05) is 11.9 Å². The van der Waals surface area contributed by atoms with Gasteiger partial charge in [0.25, 0.3) is 5.69 Å². The van der Waals surface area contributed by atoms with Crippen molar-refractivity contribution in [1.82, 2.24) is 0 Å². The summed E-state index contributed by atoms with van der Waals surface area (Å²) in [4.78, 5) is 22.3. The first kappa shape index (κ1) is 14.0. The highest BCUT2D eigenvalue weighted by atomic mass is 16.6. The summed E-state index contributed by atoms with van der Waals surface area (Å²) in [6, 6.07) is 5.62. The Morgan fingerprint density at radius 1 is 1.55 bits per heavy atom. The van der Waals surface area contributed by atoms with Crippen molar-refractivity contribution in [3.63, 3.8) is 0 Å². The minimum absolute atomic E-state index is 0.0686. The van der Waals surface area contributed by atoms with Gasteiger partial charge >= 0.3 is 0 Å². The van der Waals surface area contributed by atoms with Crippen LogP contribution in [-0.4, -0.2) is 17.4 Å². The summed E-state index contributed by atoms with van der Waals surface area (Å²) >= 11 is 0. The van der Waals surface area contributed by atoms with E-state index in [0.717, 1.165) is 25.3 Å². The van der Waals surface area contributed by atoms with E-state index in [-0.39, 0.29) is 29.4 Å². The summed E-state index contributed by atoms with van der Waals surface area (Å²) < 4.78 is 0. The summed E-state index contributed by atoms with van der Waals surface area (Å²) in [6.07, 6.45) is 2.41. The molecule has 0 bridgehead atoms. The fraction of sp³-hybridized carbons (Fsp3) is 0.385. The highest BCUT2D eigenvalue weighted by molar-refractivity contribution is 5.97. The van der Waals surface area contributed by atoms with E-state index in [1.54, 1.807) is 0 Å². The van der Waals surface area contributed by atoms with Gasteiger partial charge in [0.15, 0.2) is 0 Å². The van der Waals surface area contributed by atoms with E-state index in [1.165, 1.54) is 12.1 Å². The summed E-state index contributed by atoms with van der Waals surface area (Å²) in [6.45, 7) is 0.258. The lowest BCUT2D eigenvalue weighted by molar-refractivity contribution is -0.384. The molecule has 0 spiro atoms. The molecule has 0 aromatic heterocycles. The highest BCUT2D eigenvalue weighted by Crippen LogP contribution is 2.41. The van der Waals surface area contributed by atoms with Gasteiger partial charge in [0, 0.05) is 18.7 Å². The number of hydrogen-bond donors (Lipinski definition) is 2. The number of non-ortho nitro benzene ring substituents is 1. The van der Waals surface area contributed by atoms with Gasteiger partial charge in [-0.2, -0.15) is 5.26 Å². The van der Waals surface area contributed by atoms with Crippen LogP contribution in [0.4, 0.5) is 11.4 Å². The molecule has 104 valence electrons. The van der Waals surface area contributed by atoms with Crippen molar-refractivity contribution in [1.29, 1.82) is 5.26 Å². The van der Waals surface area contributed by atoms with Gasteiger partial charge < -0.3 is 11.1 Å². The largest absolute Gasteiger partial charge is 0.329 e. The van der Waals surface area contributed by atoms with Gasteiger partial charge in [-0.25, -0.2) is 0 Å². The van der Waals surface area contributed by atoms with Crippen molar-refractivity contribution in [3.8, 4) is 6.07 Å². The van der Waals surface area contributed by atoms with Crippen molar-refractivity contribution in [2.45, 2.75) is 19.3 Å². The fourth-order valence-corrected chi connectivity index (χ4v) is 2.23. The zero-order valence-corrected chi connectivity index (χ0v) is 10.8. The maximum Gasteiger partial charge on any atom is 0.270 e. The van der Waals surface area contributed by atoms with Crippen LogP contribution in [0.25, 0.3) is 0 Å². The van der Waals surface area contributed by atoms with E-state index in [9.17, 15) is 14.9 Å². The average Bonchev–Trinajstić information content (AvgIpc) is 2.38. The summed E-state index contributed by atoms with van der Waals surface area (Å²) in [5.41, 5.74) is 5.25. The Bertz CT molecular complexity index is 597. The second-order valence-electron chi connectivity index (χ2n) is 4.89. The SMILES string of the molecule is N#Cc1cc([N+](=O)[O-])ccc1NC(=O)C1(CN)CCC1. The van der Waals surface area contributed by atoms with E-state index < -0.39 is 10.3 Å². The molecule has 7 nitrogen and oxygen atoms in total. The summed E-state index contributed by atoms with van der Waals surface area (Å²) in [5, 5.41) is 22.3. The molecule has 0 heterocycles. The molecule has 1 aliphatic rings. The summed E-state index contributed by atoms with van der Waals surface area (Å²) in [5.74, 6) is -0.225. The molecule has 1 saturated carbocycles. The van der Waals surface area contributed by atoms with Gasteiger partial charge in [-0.3, -0.25) is 14.9 Å². The molecule has 1 aliphatic carbocycles. The molecule has 1 aromatic carbocycles. The van der Waals surface area contributed by atoms with Crippen LogP contribution in [0.15, 0.2) is 18.2 Å². The molecule has 0 aliphatic heterocycles. The van der Waals surface area contributed by atoms with Crippen LogP contribution in [0.3, 0.4) is 0 Å². The first-order valence-electron chi connectivity index (χ1n) is 6.22. The van der Waals surface area contributed by atoms with Crippen molar-refractivity contribution in [3.05, 3.63) is 33.9 Å². The number of nitriles is 1. The molecule has 2 rings (SSSR count). The van der Waals surface area contributed by atoms with Gasteiger partial charge in [-0.15, -0.1) is 0 Å². The second-order valence-corrected chi connectivity index (χ2v) is 4.89. The number of nitrogens with zero attached hydrogens (tertiary/aromatic N) is 2. The maximum absolute atomic E-state index is 12.2.